The van der Waals surface area contributed by atoms with Crippen LogP contribution < -0.4 is 15.8 Å². The quantitative estimate of drug-likeness (QED) is 0.330. The Balaban J connectivity index is 1.39. The molecule has 184 valence electrons. The number of benzene rings is 2. The van der Waals surface area contributed by atoms with Gasteiger partial charge >= 0.3 is 5.97 Å². The summed E-state index contributed by atoms with van der Waals surface area (Å²) in [6.07, 6.45) is 3.26. The van der Waals surface area contributed by atoms with Gasteiger partial charge in [0.1, 0.15) is 11.9 Å². The van der Waals surface area contributed by atoms with Crippen LogP contribution in [0.15, 0.2) is 54.7 Å². The summed E-state index contributed by atoms with van der Waals surface area (Å²) < 4.78 is 10.9. The molecular formula is C26H31N5O4. The predicted molar refractivity (Wildman–Crippen MR) is 135 cm³/mol. The van der Waals surface area contributed by atoms with E-state index in [1.165, 1.54) is 7.11 Å². The van der Waals surface area contributed by atoms with E-state index in [1.54, 1.807) is 30.5 Å². The maximum Gasteiger partial charge on any atom is 0.337 e. The van der Waals surface area contributed by atoms with Crippen LogP contribution in [0.2, 0.25) is 0 Å². The third kappa shape index (κ3) is 6.46. The third-order valence-electron chi connectivity index (χ3n) is 5.87. The third-order valence-corrected chi connectivity index (χ3v) is 5.87. The Kier molecular flexibility index (Phi) is 7.79. The Morgan fingerprint density at radius 3 is 2.60 bits per heavy atom. The van der Waals surface area contributed by atoms with Crippen molar-refractivity contribution in [3.63, 3.8) is 0 Å². The Labute approximate surface area is 204 Å². The van der Waals surface area contributed by atoms with Gasteiger partial charge in [0, 0.05) is 37.1 Å². The second-order valence-corrected chi connectivity index (χ2v) is 8.68. The molecule has 35 heavy (non-hydrogen) atoms. The number of nitrogens with one attached hydrogen (secondary N) is 1. The Bertz CT molecular complexity index is 1140. The lowest BCUT2D eigenvalue weighted by molar-refractivity contribution is 0.0600. The topological polar surface area (TPSA) is 123 Å². The molecule has 1 saturated heterocycles. The number of rotatable bonds is 8. The molecular weight excluding hydrogens is 446 g/mol. The summed E-state index contributed by atoms with van der Waals surface area (Å²) in [4.78, 5) is 22.7. The molecule has 1 aromatic heterocycles. The van der Waals surface area contributed by atoms with E-state index in [0.717, 1.165) is 42.9 Å². The van der Waals surface area contributed by atoms with E-state index in [4.69, 9.17) is 15.2 Å². The molecule has 1 fully saturated rings. The van der Waals surface area contributed by atoms with Crippen molar-refractivity contribution < 1.29 is 19.4 Å². The molecule has 9 heteroatoms. The highest BCUT2D eigenvalue weighted by atomic mass is 16.5. The molecule has 0 saturated carbocycles. The molecule has 1 aliphatic heterocycles. The van der Waals surface area contributed by atoms with Gasteiger partial charge in [0.15, 0.2) is 0 Å². The predicted octanol–water partition coefficient (Wildman–Crippen LogP) is 3.48. The average Bonchev–Trinajstić information content (AvgIpc) is 2.86. The molecule has 3 aromatic rings. The van der Waals surface area contributed by atoms with Crippen molar-refractivity contribution in [2.24, 2.45) is 0 Å². The number of β-amino-alcohol motifs (C(OH)–C–C–N with tert-alkyl or cyclic N) is 1. The largest absolute Gasteiger partial charge is 0.488 e. The van der Waals surface area contributed by atoms with Crippen LogP contribution in [0, 0.1) is 0 Å². The average molecular weight is 478 g/mol. The maximum atomic E-state index is 11.6. The van der Waals surface area contributed by atoms with Crippen LogP contribution in [0.1, 0.15) is 30.1 Å². The number of likely N-dealkylation sites (tertiary alicyclic amines) is 1. The van der Waals surface area contributed by atoms with Crippen molar-refractivity contribution in [2.45, 2.75) is 32.0 Å². The second kappa shape index (κ2) is 11.2. The normalized spacial score (nSPS) is 15.4. The zero-order valence-corrected chi connectivity index (χ0v) is 20.0. The van der Waals surface area contributed by atoms with Crippen LogP contribution in [0.3, 0.4) is 0 Å². The number of carbonyl (C=O) groups is 1. The van der Waals surface area contributed by atoms with Crippen molar-refractivity contribution in [1.82, 2.24) is 14.9 Å². The molecule has 1 unspecified atom stereocenters. The molecule has 0 aliphatic carbocycles. The number of ether oxygens (including phenoxy) is 2. The molecule has 9 nitrogen and oxygen atoms in total. The second-order valence-electron chi connectivity index (χ2n) is 8.68. The highest BCUT2D eigenvalue weighted by molar-refractivity contribution is 5.89. The summed E-state index contributed by atoms with van der Waals surface area (Å²) in [6.45, 7) is 4.30. The van der Waals surface area contributed by atoms with Gasteiger partial charge in [-0.1, -0.05) is 0 Å². The Morgan fingerprint density at radius 1 is 1.20 bits per heavy atom. The minimum Gasteiger partial charge on any atom is -0.488 e. The molecule has 0 spiro atoms. The van der Waals surface area contributed by atoms with E-state index in [0.29, 0.717) is 29.5 Å². The van der Waals surface area contributed by atoms with E-state index in [2.05, 4.69) is 20.2 Å². The van der Waals surface area contributed by atoms with Gasteiger partial charge < -0.3 is 30.5 Å². The summed E-state index contributed by atoms with van der Waals surface area (Å²) in [6, 6.07) is 14.4. The summed E-state index contributed by atoms with van der Waals surface area (Å²) in [5, 5.41) is 12.7. The number of hydrogen-bond donors (Lipinski definition) is 3. The monoisotopic (exact) mass is 477 g/mol. The van der Waals surface area contributed by atoms with Gasteiger partial charge in [0.05, 0.1) is 30.2 Å². The fourth-order valence-corrected chi connectivity index (χ4v) is 4.09. The van der Waals surface area contributed by atoms with Crippen molar-refractivity contribution >= 4 is 23.3 Å². The number of aromatic nitrogens is 2. The number of anilines is 3. The number of piperidine rings is 1. The fraction of sp³-hybridized carbons (Fsp3) is 0.346. The number of aliphatic hydroxyl groups is 1. The number of methoxy groups -OCH3 is 1. The van der Waals surface area contributed by atoms with Gasteiger partial charge in [-0.05, 0) is 68.3 Å². The van der Waals surface area contributed by atoms with Gasteiger partial charge in [-0.3, -0.25) is 0 Å². The van der Waals surface area contributed by atoms with E-state index in [1.807, 2.05) is 31.2 Å². The summed E-state index contributed by atoms with van der Waals surface area (Å²) in [5.41, 5.74) is 9.66. The zero-order chi connectivity index (χ0) is 24.8. The molecule has 2 aromatic carbocycles. The highest BCUT2D eigenvalue weighted by Gasteiger charge is 2.22. The molecule has 0 radical (unpaired) electrons. The lowest BCUT2D eigenvalue weighted by atomic mass is 10.1. The van der Waals surface area contributed by atoms with Crippen molar-refractivity contribution in [2.75, 3.05) is 37.8 Å². The van der Waals surface area contributed by atoms with Crippen molar-refractivity contribution in [3.8, 4) is 17.0 Å². The van der Waals surface area contributed by atoms with E-state index in [-0.39, 0.29) is 18.2 Å². The molecule has 4 rings (SSSR count). The van der Waals surface area contributed by atoms with Crippen LogP contribution in [-0.2, 0) is 4.74 Å². The first-order valence-corrected chi connectivity index (χ1v) is 11.7. The SMILES string of the molecule is COC(=O)c1ccc(Nc2nccc(-c3ccc(OC4CCN(CC(C)O)CC4)c(N)c3)n2)cc1. The van der Waals surface area contributed by atoms with Crippen LogP contribution in [0.25, 0.3) is 11.3 Å². The standard InChI is InChI=1S/C26H31N5O4/c1-17(32)16-31-13-10-21(11-14-31)35-24-8-5-19(15-22(24)27)23-9-12-28-26(30-23)29-20-6-3-18(4-7-20)25(33)34-2/h3-9,12,15,17,21,32H,10-11,13-14,16,27H2,1-2H3,(H,28,29,30). The lowest BCUT2D eigenvalue weighted by Gasteiger charge is -2.33. The minimum atomic E-state index is -0.387. The number of esters is 1. The van der Waals surface area contributed by atoms with Gasteiger partial charge in [-0.2, -0.15) is 0 Å². The molecule has 1 atom stereocenters. The minimum absolute atomic E-state index is 0.105. The zero-order valence-electron chi connectivity index (χ0n) is 20.0. The fourth-order valence-electron chi connectivity index (χ4n) is 4.09. The molecule has 4 N–H and O–H groups in total. The lowest BCUT2D eigenvalue weighted by Crippen LogP contribution is -2.41. The van der Waals surface area contributed by atoms with E-state index < -0.39 is 0 Å². The number of nitrogen functional groups attached to an aromatic ring is 1. The summed E-state index contributed by atoms with van der Waals surface area (Å²) in [5.74, 6) is 0.707. The first-order valence-electron chi connectivity index (χ1n) is 11.7. The van der Waals surface area contributed by atoms with Crippen molar-refractivity contribution in [3.05, 3.63) is 60.3 Å². The van der Waals surface area contributed by atoms with Crippen LogP contribution in [-0.4, -0.2) is 64.9 Å². The smallest absolute Gasteiger partial charge is 0.337 e. The Morgan fingerprint density at radius 2 is 1.94 bits per heavy atom. The number of aliphatic hydroxyl groups excluding tert-OH is 1. The molecule has 2 heterocycles. The van der Waals surface area contributed by atoms with Gasteiger partial charge in [-0.15, -0.1) is 0 Å². The van der Waals surface area contributed by atoms with Crippen LogP contribution in [0.5, 0.6) is 5.75 Å². The number of nitrogens with two attached hydrogens (primary N) is 1. The molecule has 0 bridgehead atoms. The van der Waals surface area contributed by atoms with Crippen LogP contribution in [0.4, 0.5) is 17.3 Å². The number of hydrogen-bond acceptors (Lipinski definition) is 9. The Hall–Kier alpha value is -3.69. The van der Waals surface area contributed by atoms with E-state index >= 15 is 0 Å². The summed E-state index contributed by atoms with van der Waals surface area (Å²) in [7, 11) is 1.35. The molecule has 0 amide bonds. The summed E-state index contributed by atoms with van der Waals surface area (Å²) >= 11 is 0. The number of nitrogens with zero attached hydrogens (tertiary/aromatic N) is 3. The first-order chi connectivity index (χ1) is 16.9. The highest BCUT2D eigenvalue weighted by Crippen LogP contribution is 2.30. The van der Waals surface area contributed by atoms with Gasteiger partial charge in [-0.25, -0.2) is 14.8 Å². The van der Waals surface area contributed by atoms with Crippen molar-refractivity contribution in [1.29, 1.82) is 0 Å². The van der Waals surface area contributed by atoms with Crippen LogP contribution >= 0.6 is 0 Å². The molecule has 1 aliphatic rings. The van der Waals surface area contributed by atoms with Gasteiger partial charge in [0.25, 0.3) is 0 Å². The van der Waals surface area contributed by atoms with E-state index in [9.17, 15) is 9.90 Å². The first kappa shape index (κ1) is 24.4. The van der Waals surface area contributed by atoms with Gasteiger partial charge in [0.2, 0.25) is 5.95 Å². The number of carbonyl (C=O) groups excluding carboxylic acids is 1. The maximum absolute atomic E-state index is 11.6.